The molecule has 0 atom stereocenters. The highest BCUT2D eigenvalue weighted by molar-refractivity contribution is 7.92. The highest BCUT2D eigenvalue weighted by atomic mass is 32.1. The Hall–Kier alpha value is 0.614. The van der Waals surface area contributed by atoms with Crippen LogP contribution in [0.1, 0.15) is 6.42 Å². The first-order valence-electron chi connectivity index (χ1n) is 5.35. The van der Waals surface area contributed by atoms with Crippen LogP contribution in [0.25, 0.3) is 0 Å². The topological polar surface area (TPSA) is 0 Å². The van der Waals surface area contributed by atoms with E-state index in [0.29, 0.717) is 0 Å². The third-order valence-corrected chi connectivity index (χ3v) is 17.6. The van der Waals surface area contributed by atoms with Gasteiger partial charge < -0.3 is 0 Å². The lowest BCUT2D eigenvalue weighted by atomic mass is 10.3. The van der Waals surface area contributed by atoms with E-state index in [1.807, 2.05) is 6.08 Å². The Bertz CT molecular complexity index is 245. The van der Waals surface area contributed by atoms with E-state index < -0.39 is 16.1 Å². The molecule has 0 saturated carbocycles. The average Bonchev–Trinajstić information content (AvgIpc) is 1.99. The maximum atomic E-state index is 5.61. The molecule has 0 aromatic rings. The third-order valence-electron chi connectivity index (χ3n) is 2.90. The first kappa shape index (κ1) is 15.6. The summed E-state index contributed by atoms with van der Waals surface area (Å²) < 4.78 is 0.0174. The minimum Gasteiger partial charge on any atom is -0.174 e. The van der Waals surface area contributed by atoms with Crippen LogP contribution in [0.15, 0.2) is 12.7 Å². The molecule has 4 heteroatoms. The van der Waals surface area contributed by atoms with Crippen molar-refractivity contribution in [2.24, 2.45) is 0 Å². The van der Waals surface area contributed by atoms with Crippen molar-refractivity contribution in [3.05, 3.63) is 12.7 Å². The van der Waals surface area contributed by atoms with Crippen molar-refractivity contribution in [2.45, 2.75) is 49.7 Å². The SMILES string of the molecule is C=CCC(=S)C(S)([Si](C)(C)C)[Si](C)(C)C. The number of hydrogen-bond donors (Lipinski definition) is 1. The number of thiol groups is 1. The summed E-state index contributed by atoms with van der Waals surface area (Å²) in [4.78, 5) is 1.11. The minimum atomic E-state index is -1.41. The Balaban J connectivity index is 5.42. The van der Waals surface area contributed by atoms with Gasteiger partial charge in [0.25, 0.3) is 0 Å². The first-order valence-corrected chi connectivity index (χ1v) is 13.2. The molecule has 0 aromatic carbocycles. The summed E-state index contributed by atoms with van der Waals surface area (Å²) in [6, 6.07) is 0. The van der Waals surface area contributed by atoms with Crippen molar-refractivity contribution in [1.29, 1.82) is 0 Å². The molecule has 0 N–H and O–H groups in total. The zero-order valence-corrected chi connectivity index (χ0v) is 14.6. The molecule has 0 aliphatic rings. The lowest BCUT2D eigenvalue weighted by Crippen LogP contribution is -2.66. The molecule has 15 heavy (non-hydrogen) atoms. The van der Waals surface area contributed by atoms with Crippen LogP contribution in [0.2, 0.25) is 39.3 Å². The van der Waals surface area contributed by atoms with Gasteiger partial charge in [0, 0.05) is 8.86 Å². The van der Waals surface area contributed by atoms with E-state index in [1.54, 1.807) is 0 Å². The molecule has 88 valence electrons. The molecule has 0 unspecified atom stereocenters. The monoisotopic (exact) mass is 276 g/mol. The molecule has 0 bridgehead atoms. The highest BCUT2D eigenvalue weighted by Gasteiger charge is 2.52. The molecular weight excluding hydrogens is 252 g/mol. The molecule has 0 aliphatic heterocycles. The van der Waals surface area contributed by atoms with Crippen molar-refractivity contribution in [1.82, 2.24) is 0 Å². The smallest absolute Gasteiger partial charge is 0.0649 e. The number of allylic oxidation sites excluding steroid dienone is 1. The molecule has 0 amide bonds. The second-order valence-electron chi connectivity index (χ2n) is 6.13. The second-order valence-corrected chi connectivity index (χ2v) is 19.1. The summed E-state index contributed by atoms with van der Waals surface area (Å²) in [6.45, 7) is 18.0. The van der Waals surface area contributed by atoms with E-state index in [4.69, 9.17) is 24.8 Å². The van der Waals surface area contributed by atoms with E-state index in [-0.39, 0.29) is 3.99 Å². The van der Waals surface area contributed by atoms with Crippen molar-refractivity contribution >= 4 is 45.9 Å². The van der Waals surface area contributed by atoms with Gasteiger partial charge in [0.2, 0.25) is 0 Å². The molecule has 0 aliphatic carbocycles. The lowest BCUT2D eigenvalue weighted by molar-refractivity contribution is 1.28. The summed E-state index contributed by atoms with van der Waals surface area (Å²) in [5.74, 6) is 0. The van der Waals surface area contributed by atoms with Gasteiger partial charge in [-0.25, -0.2) is 0 Å². The van der Waals surface area contributed by atoms with Crippen LogP contribution >= 0.6 is 24.8 Å². The van der Waals surface area contributed by atoms with Gasteiger partial charge in [-0.2, -0.15) is 12.6 Å². The first-order chi connectivity index (χ1) is 6.48. The highest BCUT2D eigenvalue weighted by Crippen LogP contribution is 2.39. The Morgan fingerprint density at radius 2 is 1.53 bits per heavy atom. The Morgan fingerprint density at radius 3 is 1.73 bits per heavy atom. The van der Waals surface area contributed by atoms with Crippen molar-refractivity contribution in [2.75, 3.05) is 0 Å². The molecule has 0 saturated heterocycles. The normalized spacial score (nSPS) is 13.8. The fraction of sp³-hybridized carbons (Fsp3) is 0.727. The van der Waals surface area contributed by atoms with E-state index in [2.05, 4.69) is 45.9 Å². The van der Waals surface area contributed by atoms with Crippen LogP contribution in [0.5, 0.6) is 0 Å². The van der Waals surface area contributed by atoms with E-state index in [1.165, 1.54) is 0 Å². The van der Waals surface area contributed by atoms with Gasteiger partial charge in [-0.05, 0) is 6.42 Å². The minimum absolute atomic E-state index is 0.0174. The van der Waals surface area contributed by atoms with Crippen LogP contribution in [0, 0.1) is 0 Å². The molecule has 0 aromatic heterocycles. The summed E-state index contributed by atoms with van der Waals surface area (Å²) in [5.41, 5.74) is 0. The third kappa shape index (κ3) is 3.05. The van der Waals surface area contributed by atoms with Crippen LogP contribution < -0.4 is 0 Å². The molecule has 0 rings (SSSR count). The Labute approximate surface area is 108 Å². The maximum absolute atomic E-state index is 5.61. The van der Waals surface area contributed by atoms with E-state index in [9.17, 15) is 0 Å². The predicted molar refractivity (Wildman–Crippen MR) is 85.8 cm³/mol. The molecule has 0 heterocycles. The Morgan fingerprint density at radius 1 is 1.20 bits per heavy atom. The van der Waals surface area contributed by atoms with Crippen LogP contribution in [-0.4, -0.2) is 25.0 Å². The Kier molecular flexibility index (Phi) is 5.06. The van der Waals surface area contributed by atoms with Crippen LogP contribution in [-0.2, 0) is 0 Å². The van der Waals surface area contributed by atoms with Gasteiger partial charge in [0.15, 0.2) is 0 Å². The molecule has 0 radical (unpaired) electrons. The largest absolute Gasteiger partial charge is 0.174 e. The van der Waals surface area contributed by atoms with Gasteiger partial charge in [-0.15, -0.1) is 6.58 Å². The summed E-state index contributed by atoms with van der Waals surface area (Å²) in [6.07, 6.45) is 2.74. The maximum Gasteiger partial charge on any atom is 0.0649 e. The van der Waals surface area contributed by atoms with Crippen molar-refractivity contribution in [3.8, 4) is 0 Å². The molecule has 0 spiro atoms. The zero-order valence-electron chi connectivity index (χ0n) is 10.8. The van der Waals surface area contributed by atoms with Crippen LogP contribution in [0.4, 0.5) is 0 Å². The second kappa shape index (κ2) is 4.86. The predicted octanol–water partition coefficient (Wildman–Crippen LogP) is 4.36. The fourth-order valence-electron chi connectivity index (χ4n) is 2.24. The standard InChI is InChI=1S/C11H24S2Si2/c1-8-9-10(12)11(13,14(2,3)4)15(5,6)7/h8,13H,1,9H2,2-7H3. The van der Waals surface area contributed by atoms with Gasteiger partial charge in [-0.3, -0.25) is 0 Å². The summed E-state index contributed by atoms with van der Waals surface area (Å²) in [5, 5.41) is 0. The van der Waals surface area contributed by atoms with E-state index >= 15 is 0 Å². The quantitative estimate of drug-likeness (QED) is 0.337. The number of hydrogen-bond acceptors (Lipinski definition) is 2. The molecular formula is C11H24S2Si2. The summed E-state index contributed by atoms with van der Waals surface area (Å²) >= 11 is 10.6. The zero-order chi connectivity index (χ0) is 12.5. The van der Waals surface area contributed by atoms with E-state index in [0.717, 1.165) is 11.3 Å². The van der Waals surface area contributed by atoms with Crippen molar-refractivity contribution < 1.29 is 0 Å². The van der Waals surface area contributed by atoms with Gasteiger partial charge in [0.05, 0.1) is 16.1 Å². The van der Waals surface area contributed by atoms with Gasteiger partial charge in [0.1, 0.15) is 0 Å². The van der Waals surface area contributed by atoms with Gasteiger partial charge in [-0.1, -0.05) is 57.6 Å². The average molecular weight is 277 g/mol. The molecule has 0 fully saturated rings. The number of thiocarbonyl (C=S) groups is 1. The number of rotatable bonds is 5. The summed E-state index contributed by atoms with van der Waals surface area (Å²) in [7, 11) is -2.82. The van der Waals surface area contributed by atoms with Gasteiger partial charge >= 0.3 is 0 Å². The molecule has 0 nitrogen and oxygen atoms in total. The fourth-order valence-corrected chi connectivity index (χ4v) is 15.2. The lowest BCUT2D eigenvalue weighted by Gasteiger charge is -2.48. The van der Waals surface area contributed by atoms with Crippen molar-refractivity contribution in [3.63, 3.8) is 0 Å². The van der Waals surface area contributed by atoms with Crippen LogP contribution in [0.3, 0.4) is 0 Å².